The standard InChI is InChI=1S/C45H83N3O12/c1-44(2,3)59-42(54)24-20-18-16-14-12-10-8-7-9-11-13-15-17-19-23-38(49)46-29-21-31-56-33-35-58-36-34-57-32-22-30-47-39(50)26-27-40(51)48-37(25-28-41(52)53)43(55)60-45(4,5)6/h37H,7-36H2,1-6H3,(H,46,49)(H,47,50)(H,48,51)(H,52,53). The first kappa shape index (κ1) is 56.7. The molecule has 0 saturated carbocycles. The van der Waals surface area contributed by atoms with Gasteiger partial charge >= 0.3 is 17.9 Å². The third-order valence-corrected chi connectivity index (χ3v) is 9.03. The third kappa shape index (κ3) is 41.4. The molecule has 0 saturated heterocycles. The van der Waals surface area contributed by atoms with Crippen LogP contribution in [0.4, 0.5) is 0 Å². The van der Waals surface area contributed by atoms with E-state index in [1.165, 1.54) is 64.2 Å². The summed E-state index contributed by atoms with van der Waals surface area (Å²) >= 11 is 0. The van der Waals surface area contributed by atoms with Crippen LogP contribution in [0.5, 0.6) is 0 Å². The zero-order valence-corrected chi connectivity index (χ0v) is 38.2. The highest BCUT2D eigenvalue weighted by atomic mass is 16.6. The van der Waals surface area contributed by atoms with Crippen LogP contribution in [0, 0.1) is 0 Å². The molecular formula is C45H83N3O12. The number of carboxylic acid groups (broad SMARTS) is 1. The molecule has 4 N–H and O–H groups in total. The SMILES string of the molecule is CC(C)(C)OC(=O)CCCCCCCCCCCCCCCCC(=O)NCCCOCCOCCOCCCNC(=O)CCC(=O)NC(CCC(=O)O)C(=O)OC(C)(C)C. The van der Waals surface area contributed by atoms with Crippen LogP contribution >= 0.6 is 0 Å². The number of carbonyl (C=O) groups excluding carboxylic acids is 5. The lowest BCUT2D eigenvalue weighted by Gasteiger charge is -2.24. The molecule has 15 nitrogen and oxygen atoms in total. The van der Waals surface area contributed by atoms with Crippen LogP contribution in [0.15, 0.2) is 0 Å². The van der Waals surface area contributed by atoms with E-state index in [1.54, 1.807) is 20.8 Å². The van der Waals surface area contributed by atoms with Gasteiger partial charge in [0.1, 0.15) is 17.2 Å². The van der Waals surface area contributed by atoms with Gasteiger partial charge in [-0.3, -0.25) is 24.0 Å². The lowest BCUT2D eigenvalue weighted by Crippen LogP contribution is -2.44. The average Bonchev–Trinajstić information content (AvgIpc) is 3.15. The van der Waals surface area contributed by atoms with Gasteiger partial charge in [0.2, 0.25) is 17.7 Å². The number of carboxylic acids is 1. The molecule has 0 radical (unpaired) electrons. The van der Waals surface area contributed by atoms with Gasteiger partial charge in [0.15, 0.2) is 0 Å². The van der Waals surface area contributed by atoms with E-state index in [0.717, 1.165) is 32.1 Å². The van der Waals surface area contributed by atoms with Gasteiger partial charge in [-0.15, -0.1) is 0 Å². The topological polar surface area (TPSA) is 205 Å². The largest absolute Gasteiger partial charge is 0.481 e. The molecule has 0 bridgehead atoms. The van der Waals surface area contributed by atoms with E-state index in [1.807, 2.05) is 20.8 Å². The highest BCUT2D eigenvalue weighted by Gasteiger charge is 2.27. The van der Waals surface area contributed by atoms with E-state index in [0.29, 0.717) is 72.0 Å². The van der Waals surface area contributed by atoms with Gasteiger partial charge in [-0.1, -0.05) is 77.0 Å². The number of rotatable bonds is 39. The number of ether oxygens (including phenoxy) is 5. The van der Waals surface area contributed by atoms with Crippen molar-refractivity contribution in [3.8, 4) is 0 Å². The number of amides is 3. The Balaban J connectivity index is 3.52. The summed E-state index contributed by atoms with van der Waals surface area (Å²) in [6.07, 6.45) is 18.5. The monoisotopic (exact) mass is 858 g/mol. The molecule has 0 aliphatic rings. The maximum Gasteiger partial charge on any atom is 0.329 e. The van der Waals surface area contributed by atoms with Crippen LogP contribution in [0.1, 0.15) is 183 Å². The van der Waals surface area contributed by atoms with Gasteiger partial charge in [-0.05, 0) is 73.6 Å². The van der Waals surface area contributed by atoms with Crippen LogP contribution in [-0.2, 0) is 52.5 Å². The summed E-state index contributed by atoms with van der Waals surface area (Å²) in [7, 11) is 0. The Kier molecular flexibility index (Phi) is 34.4. The van der Waals surface area contributed by atoms with Crippen molar-refractivity contribution in [3.05, 3.63) is 0 Å². The summed E-state index contributed by atoms with van der Waals surface area (Å²) in [5, 5.41) is 17.1. The van der Waals surface area contributed by atoms with Crippen molar-refractivity contribution in [2.24, 2.45) is 0 Å². The molecule has 0 aromatic carbocycles. The molecule has 15 heteroatoms. The summed E-state index contributed by atoms with van der Waals surface area (Å²) in [5.74, 6) is -2.66. The minimum Gasteiger partial charge on any atom is -0.481 e. The van der Waals surface area contributed by atoms with E-state index in [-0.39, 0.29) is 49.1 Å². The molecule has 0 rings (SSSR count). The number of hydrogen-bond donors (Lipinski definition) is 4. The first-order valence-electron chi connectivity index (χ1n) is 22.7. The van der Waals surface area contributed by atoms with Crippen molar-refractivity contribution in [3.63, 3.8) is 0 Å². The van der Waals surface area contributed by atoms with E-state index in [2.05, 4.69) is 16.0 Å². The van der Waals surface area contributed by atoms with Crippen molar-refractivity contribution in [2.45, 2.75) is 200 Å². The zero-order chi connectivity index (χ0) is 44.9. The molecule has 0 aliphatic heterocycles. The maximum atomic E-state index is 12.4. The van der Waals surface area contributed by atoms with E-state index in [9.17, 15) is 28.8 Å². The first-order valence-corrected chi connectivity index (χ1v) is 22.7. The summed E-state index contributed by atoms with van der Waals surface area (Å²) in [6.45, 7) is 14.4. The molecule has 0 heterocycles. The van der Waals surface area contributed by atoms with Crippen LogP contribution in [0.25, 0.3) is 0 Å². The van der Waals surface area contributed by atoms with E-state index in [4.69, 9.17) is 28.8 Å². The summed E-state index contributed by atoms with van der Waals surface area (Å²) in [6, 6.07) is -1.11. The molecule has 0 spiro atoms. The Hall–Kier alpha value is -3.30. The van der Waals surface area contributed by atoms with Gasteiger partial charge < -0.3 is 44.7 Å². The summed E-state index contributed by atoms with van der Waals surface area (Å²) < 4.78 is 27.2. The Morgan fingerprint density at radius 2 is 0.833 bits per heavy atom. The Morgan fingerprint density at radius 3 is 1.27 bits per heavy atom. The third-order valence-electron chi connectivity index (χ3n) is 9.03. The van der Waals surface area contributed by atoms with Crippen molar-refractivity contribution >= 4 is 35.6 Å². The number of hydrogen-bond acceptors (Lipinski definition) is 11. The van der Waals surface area contributed by atoms with Crippen LogP contribution in [-0.4, -0.2) is 111 Å². The molecule has 1 unspecified atom stereocenters. The number of aliphatic carboxylic acids is 1. The smallest absolute Gasteiger partial charge is 0.329 e. The van der Waals surface area contributed by atoms with Crippen LogP contribution < -0.4 is 16.0 Å². The fourth-order valence-corrected chi connectivity index (χ4v) is 5.97. The number of esters is 2. The zero-order valence-electron chi connectivity index (χ0n) is 38.2. The summed E-state index contributed by atoms with van der Waals surface area (Å²) in [4.78, 5) is 71.6. The fourth-order valence-electron chi connectivity index (χ4n) is 5.97. The molecule has 0 aromatic heterocycles. The van der Waals surface area contributed by atoms with Crippen molar-refractivity contribution in [1.29, 1.82) is 0 Å². The normalized spacial score (nSPS) is 12.1. The second kappa shape index (κ2) is 36.4. The second-order valence-corrected chi connectivity index (χ2v) is 17.4. The molecular weight excluding hydrogens is 775 g/mol. The molecule has 0 fully saturated rings. The highest BCUT2D eigenvalue weighted by molar-refractivity contribution is 5.87. The molecule has 0 aliphatic carbocycles. The molecule has 1 atom stereocenters. The Bertz CT molecular complexity index is 1170. The van der Waals surface area contributed by atoms with Crippen molar-refractivity contribution in [2.75, 3.05) is 52.7 Å². The van der Waals surface area contributed by atoms with Gasteiger partial charge in [0.25, 0.3) is 0 Å². The minimum atomic E-state index is -1.11. The van der Waals surface area contributed by atoms with Gasteiger partial charge in [-0.2, -0.15) is 0 Å². The molecule has 0 aromatic rings. The maximum absolute atomic E-state index is 12.4. The molecule has 60 heavy (non-hydrogen) atoms. The van der Waals surface area contributed by atoms with Gasteiger partial charge in [0.05, 0.1) is 26.4 Å². The lowest BCUT2D eigenvalue weighted by molar-refractivity contribution is -0.159. The minimum absolute atomic E-state index is 0.0790. The predicted octanol–water partition coefficient (Wildman–Crippen LogP) is 7.10. The first-order chi connectivity index (χ1) is 28.5. The van der Waals surface area contributed by atoms with Crippen LogP contribution in [0.3, 0.4) is 0 Å². The van der Waals surface area contributed by atoms with Crippen LogP contribution in [0.2, 0.25) is 0 Å². The van der Waals surface area contributed by atoms with E-state index >= 15 is 0 Å². The van der Waals surface area contributed by atoms with Gasteiger partial charge in [0, 0.05) is 58.4 Å². The number of carbonyl (C=O) groups is 6. The van der Waals surface area contributed by atoms with E-state index < -0.39 is 29.5 Å². The number of nitrogens with one attached hydrogen (secondary N) is 3. The highest BCUT2D eigenvalue weighted by Crippen LogP contribution is 2.15. The number of unbranched alkanes of at least 4 members (excludes halogenated alkanes) is 13. The molecule has 3 amide bonds. The second-order valence-electron chi connectivity index (χ2n) is 17.4. The summed E-state index contributed by atoms with van der Waals surface area (Å²) in [5.41, 5.74) is -1.18. The quantitative estimate of drug-likeness (QED) is 0.0361. The van der Waals surface area contributed by atoms with Gasteiger partial charge in [-0.25, -0.2) is 4.79 Å². The average molecular weight is 858 g/mol. The lowest BCUT2D eigenvalue weighted by atomic mass is 10.0. The fraction of sp³-hybridized carbons (Fsp3) is 0.867. The molecule has 350 valence electrons. The Morgan fingerprint density at radius 1 is 0.450 bits per heavy atom. The predicted molar refractivity (Wildman–Crippen MR) is 231 cm³/mol. The van der Waals surface area contributed by atoms with Crippen molar-refractivity contribution in [1.82, 2.24) is 16.0 Å². The Labute approximate surface area is 361 Å². The van der Waals surface area contributed by atoms with Crippen molar-refractivity contribution < 1.29 is 57.6 Å².